The fraction of sp³-hybridized carbons (Fsp3) is 0.786. The van der Waals surface area contributed by atoms with Crippen molar-refractivity contribution in [1.82, 2.24) is 19.8 Å². The van der Waals surface area contributed by atoms with Crippen molar-refractivity contribution >= 4 is 0 Å². The molecular formula is C14H26N4. The lowest BCUT2D eigenvalue weighted by molar-refractivity contribution is 0.238. The number of hydrogen-bond acceptors (Lipinski definition) is 3. The van der Waals surface area contributed by atoms with Crippen LogP contribution in [0.5, 0.6) is 0 Å². The molecule has 1 N–H and O–H groups in total. The van der Waals surface area contributed by atoms with Gasteiger partial charge in [0.1, 0.15) is 0 Å². The van der Waals surface area contributed by atoms with Crippen LogP contribution in [0.1, 0.15) is 31.2 Å². The Morgan fingerprint density at radius 2 is 2.22 bits per heavy atom. The van der Waals surface area contributed by atoms with Crippen molar-refractivity contribution in [3.05, 3.63) is 17.7 Å². The van der Waals surface area contributed by atoms with Gasteiger partial charge in [-0.15, -0.1) is 0 Å². The lowest BCUT2D eigenvalue weighted by Crippen LogP contribution is -2.35. The van der Waals surface area contributed by atoms with Gasteiger partial charge in [-0.3, -0.25) is 4.90 Å². The Labute approximate surface area is 110 Å². The highest BCUT2D eigenvalue weighted by Crippen LogP contribution is 2.26. The number of likely N-dealkylation sites (tertiary alicyclic amines) is 1. The number of likely N-dealkylation sites (N-methyl/N-ethyl adjacent to an activating group) is 1. The minimum absolute atomic E-state index is 0.698. The molecule has 1 aliphatic rings. The Balaban J connectivity index is 1.98. The fourth-order valence-corrected chi connectivity index (χ4v) is 3.07. The SMILES string of the molecule is CCC[C@@H]1CN(Cc2nc[nH]c2C)C[C@H]1N(C)C. The van der Waals surface area contributed by atoms with Crippen molar-refractivity contribution < 1.29 is 0 Å². The van der Waals surface area contributed by atoms with E-state index >= 15 is 0 Å². The second kappa shape index (κ2) is 5.85. The number of nitrogens with zero attached hydrogens (tertiary/aromatic N) is 3. The summed E-state index contributed by atoms with van der Waals surface area (Å²) in [5, 5.41) is 0. The molecule has 2 heterocycles. The van der Waals surface area contributed by atoms with Gasteiger partial charge in [-0.1, -0.05) is 13.3 Å². The molecule has 1 fully saturated rings. The summed E-state index contributed by atoms with van der Waals surface area (Å²) in [6, 6.07) is 0.698. The number of aromatic amines is 1. The summed E-state index contributed by atoms with van der Waals surface area (Å²) in [4.78, 5) is 12.5. The second-order valence-corrected chi connectivity index (χ2v) is 5.75. The summed E-state index contributed by atoms with van der Waals surface area (Å²) >= 11 is 0. The van der Waals surface area contributed by atoms with E-state index in [0.717, 1.165) is 12.5 Å². The first-order valence-electron chi connectivity index (χ1n) is 6.99. The van der Waals surface area contributed by atoms with E-state index in [1.54, 1.807) is 6.33 Å². The van der Waals surface area contributed by atoms with Crippen molar-refractivity contribution in [2.45, 2.75) is 39.3 Å². The van der Waals surface area contributed by atoms with Gasteiger partial charge in [-0.25, -0.2) is 4.98 Å². The highest BCUT2D eigenvalue weighted by Gasteiger charge is 2.33. The number of nitrogens with one attached hydrogen (secondary N) is 1. The van der Waals surface area contributed by atoms with E-state index < -0.39 is 0 Å². The molecule has 102 valence electrons. The maximum atomic E-state index is 4.41. The van der Waals surface area contributed by atoms with Crippen LogP contribution in [0.3, 0.4) is 0 Å². The quantitative estimate of drug-likeness (QED) is 0.866. The minimum atomic E-state index is 0.698. The molecule has 0 unspecified atom stereocenters. The molecule has 2 rings (SSSR count). The van der Waals surface area contributed by atoms with Gasteiger partial charge in [0.15, 0.2) is 0 Å². The molecule has 4 heteroatoms. The fourth-order valence-electron chi connectivity index (χ4n) is 3.07. The Hall–Kier alpha value is -0.870. The third kappa shape index (κ3) is 2.93. The number of H-pyrrole nitrogens is 1. The molecular weight excluding hydrogens is 224 g/mol. The zero-order valence-electron chi connectivity index (χ0n) is 12.1. The summed E-state index contributed by atoms with van der Waals surface area (Å²) in [6.45, 7) is 7.76. The van der Waals surface area contributed by atoms with Gasteiger partial charge in [0.2, 0.25) is 0 Å². The normalized spacial score (nSPS) is 25.2. The standard InChI is InChI=1S/C14H26N4/c1-5-6-12-7-18(9-14(12)17(3)4)8-13-11(2)15-10-16-13/h10,12,14H,5-9H2,1-4H3,(H,15,16)/t12-,14-/m1/s1. The number of imidazole rings is 1. The van der Waals surface area contributed by atoms with E-state index in [9.17, 15) is 0 Å². The first-order chi connectivity index (χ1) is 8.61. The lowest BCUT2D eigenvalue weighted by atomic mass is 9.98. The summed E-state index contributed by atoms with van der Waals surface area (Å²) < 4.78 is 0. The van der Waals surface area contributed by atoms with Gasteiger partial charge in [-0.2, -0.15) is 0 Å². The van der Waals surface area contributed by atoms with Crippen LogP contribution in [0.4, 0.5) is 0 Å². The highest BCUT2D eigenvalue weighted by atomic mass is 15.2. The summed E-state index contributed by atoms with van der Waals surface area (Å²) in [6.07, 6.45) is 4.41. The average molecular weight is 250 g/mol. The predicted molar refractivity (Wildman–Crippen MR) is 74.5 cm³/mol. The van der Waals surface area contributed by atoms with Crippen LogP contribution in [0, 0.1) is 12.8 Å². The monoisotopic (exact) mass is 250 g/mol. The summed E-state index contributed by atoms with van der Waals surface area (Å²) in [5.74, 6) is 0.809. The molecule has 0 saturated carbocycles. The zero-order valence-corrected chi connectivity index (χ0v) is 12.1. The largest absolute Gasteiger partial charge is 0.348 e. The minimum Gasteiger partial charge on any atom is -0.348 e. The molecule has 0 spiro atoms. The molecule has 0 amide bonds. The van der Waals surface area contributed by atoms with Crippen molar-refractivity contribution in [3.63, 3.8) is 0 Å². The van der Waals surface area contributed by atoms with Gasteiger partial charge in [0.05, 0.1) is 12.0 Å². The van der Waals surface area contributed by atoms with Crippen LogP contribution in [0.2, 0.25) is 0 Å². The average Bonchev–Trinajstić information content (AvgIpc) is 2.88. The molecule has 1 aromatic heterocycles. The predicted octanol–water partition coefficient (Wildman–Crippen LogP) is 1.88. The number of aryl methyl sites for hydroxylation is 1. The van der Waals surface area contributed by atoms with Gasteiger partial charge >= 0.3 is 0 Å². The molecule has 1 saturated heterocycles. The van der Waals surface area contributed by atoms with Crippen LogP contribution in [-0.2, 0) is 6.54 Å². The maximum Gasteiger partial charge on any atom is 0.0925 e. The third-order valence-corrected chi connectivity index (χ3v) is 4.11. The molecule has 0 aliphatic carbocycles. The van der Waals surface area contributed by atoms with Crippen LogP contribution >= 0.6 is 0 Å². The van der Waals surface area contributed by atoms with Crippen LogP contribution in [0.15, 0.2) is 6.33 Å². The van der Waals surface area contributed by atoms with E-state index in [1.807, 2.05) is 0 Å². The molecule has 1 aliphatic heterocycles. The molecule has 0 aromatic carbocycles. The first kappa shape index (κ1) is 13.6. The topological polar surface area (TPSA) is 35.2 Å². The number of hydrogen-bond donors (Lipinski definition) is 1. The Kier molecular flexibility index (Phi) is 4.40. The van der Waals surface area contributed by atoms with Crippen molar-refractivity contribution in [3.8, 4) is 0 Å². The number of rotatable bonds is 5. The molecule has 18 heavy (non-hydrogen) atoms. The highest BCUT2D eigenvalue weighted by molar-refractivity contribution is 5.09. The van der Waals surface area contributed by atoms with Crippen molar-refractivity contribution in [1.29, 1.82) is 0 Å². The van der Waals surface area contributed by atoms with Gasteiger partial charge < -0.3 is 9.88 Å². The van der Waals surface area contributed by atoms with Crippen molar-refractivity contribution in [2.24, 2.45) is 5.92 Å². The zero-order chi connectivity index (χ0) is 13.1. The van der Waals surface area contributed by atoms with Gasteiger partial charge in [-0.05, 0) is 33.4 Å². The molecule has 2 atom stereocenters. The van der Waals surface area contributed by atoms with Crippen LogP contribution < -0.4 is 0 Å². The molecule has 4 nitrogen and oxygen atoms in total. The van der Waals surface area contributed by atoms with Crippen molar-refractivity contribution in [2.75, 3.05) is 27.2 Å². The Morgan fingerprint density at radius 3 is 2.78 bits per heavy atom. The van der Waals surface area contributed by atoms with E-state index in [4.69, 9.17) is 0 Å². The summed E-state index contributed by atoms with van der Waals surface area (Å²) in [5.41, 5.74) is 2.40. The van der Waals surface area contributed by atoms with Gasteiger partial charge in [0.25, 0.3) is 0 Å². The lowest BCUT2D eigenvalue weighted by Gasteiger charge is -2.24. The van der Waals surface area contributed by atoms with E-state index in [1.165, 1.54) is 37.3 Å². The molecule has 1 aromatic rings. The van der Waals surface area contributed by atoms with E-state index in [0.29, 0.717) is 6.04 Å². The Bertz CT molecular complexity index is 372. The maximum absolute atomic E-state index is 4.41. The number of aromatic nitrogens is 2. The summed E-state index contributed by atoms with van der Waals surface area (Å²) in [7, 11) is 4.41. The van der Waals surface area contributed by atoms with Gasteiger partial charge in [0, 0.05) is 31.4 Å². The Morgan fingerprint density at radius 1 is 1.44 bits per heavy atom. The third-order valence-electron chi connectivity index (χ3n) is 4.11. The molecule has 0 bridgehead atoms. The smallest absolute Gasteiger partial charge is 0.0925 e. The van der Waals surface area contributed by atoms with Crippen LogP contribution in [0.25, 0.3) is 0 Å². The van der Waals surface area contributed by atoms with Crippen LogP contribution in [-0.4, -0.2) is 53.0 Å². The molecule has 0 radical (unpaired) electrons. The second-order valence-electron chi connectivity index (χ2n) is 5.75. The van der Waals surface area contributed by atoms with E-state index in [2.05, 4.69) is 47.7 Å². The first-order valence-corrected chi connectivity index (χ1v) is 6.99. The van der Waals surface area contributed by atoms with E-state index in [-0.39, 0.29) is 0 Å².